The van der Waals surface area contributed by atoms with Crippen molar-refractivity contribution in [2.75, 3.05) is 7.11 Å². The molecule has 2 saturated carbocycles. The molecule has 34 heavy (non-hydrogen) atoms. The van der Waals surface area contributed by atoms with Crippen LogP contribution in [-0.4, -0.2) is 70.3 Å². The lowest BCUT2D eigenvalue weighted by Crippen LogP contribution is -2.63. The third-order valence-corrected chi connectivity index (χ3v) is 9.02. The van der Waals surface area contributed by atoms with Gasteiger partial charge in [-0.05, 0) is 73.3 Å². The number of aliphatic hydroxyl groups excluding tert-OH is 4. The minimum Gasteiger partial charge on any atom is -0.547 e. The fourth-order valence-electron chi connectivity index (χ4n) is 7.17. The number of carbonyl (C=O) groups is 1. The Morgan fingerprint density at radius 2 is 1.85 bits per heavy atom. The summed E-state index contributed by atoms with van der Waals surface area (Å²) >= 11 is 0. The van der Waals surface area contributed by atoms with Crippen LogP contribution in [0.5, 0.6) is 11.5 Å². The molecule has 1 aromatic rings. The van der Waals surface area contributed by atoms with Gasteiger partial charge in [-0.2, -0.15) is 0 Å². The number of fused-ring (bicyclic) bond motifs is 5. The average molecular weight is 478 g/mol. The summed E-state index contributed by atoms with van der Waals surface area (Å²) in [5.41, 5.74) is 2.21. The molecule has 1 aromatic carbocycles. The molecule has 4 N–H and O–H groups in total. The van der Waals surface area contributed by atoms with Crippen molar-refractivity contribution < 1.29 is 44.5 Å². The Bertz CT molecular complexity index is 951. The van der Waals surface area contributed by atoms with Crippen molar-refractivity contribution in [3.8, 4) is 11.5 Å². The lowest BCUT2D eigenvalue weighted by atomic mass is 9.55. The third kappa shape index (κ3) is 3.52. The number of carboxylic acid groups (broad SMARTS) is 1. The zero-order valence-corrected chi connectivity index (χ0v) is 19.4. The molecular weight excluding hydrogens is 444 g/mol. The van der Waals surface area contributed by atoms with Gasteiger partial charge in [0.05, 0.1) is 19.2 Å². The highest BCUT2D eigenvalue weighted by atomic mass is 16.7. The molecule has 0 unspecified atom stereocenters. The molecule has 1 saturated heterocycles. The van der Waals surface area contributed by atoms with Crippen LogP contribution < -0.4 is 14.6 Å². The quantitative estimate of drug-likeness (QED) is 0.464. The summed E-state index contributed by atoms with van der Waals surface area (Å²) in [4.78, 5) is 11.3. The van der Waals surface area contributed by atoms with E-state index in [-0.39, 0.29) is 17.3 Å². The Balaban J connectivity index is 1.42. The highest BCUT2D eigenvalue weighted by Crippen LogP contribution is 2.61. The minimum atomic E-state index is -1.84. The zero-order valence-electron chi connectivity index (χ0n) is 19.4. The molecule has 4 aliphatic rings. The van der Waals surface area contributed by atoms with Gasteiger partial charge in [-0.25, -0.2) is 0 Å². The summed E-state index contributed by atoms with van der Waals surface area (Å²) in [5.74, 6) is 0.418. The Labute approximate surface area is 198 Å². The number of aliphatic hydroxyl groups is 4. The lowest BCUT2D eigenvalue weighted by molar-refractivity contribution is -0.342. The second kappa shape index (κ2) is 8.64. The number of hydrogen-bond donors (Lipinski definition) is 4. The molecule has 0 amide bonds. The van der Waals surface area contributed by atoms with Crippen molar-refractivity contribution in [2.45, 2.75) is 88.2 Å². The van der Waals surface area contributed by atoms with Crippen LogP contribution in [0.2, 0.25) is 0 Å². The van der Waals surface area contributed by atoms with E-state index in [0.29, 0.717) is 23.5 Å². The molecule has 1 heterocycles. The molecule has 3 fully saturated rings. The molecule has 0 bridgehead atoms. The van der Waals surface area contributed by atoms with Crippen LogP contribution in [0.25, 0.3) is 0 Å². The molecule has 0 spiro atoms. The molecule has 5 rings (SSSR count). The molecule has 188 valence electrons. The molecule has 3 aliphatic carbocycles. The SMILES string of the molecule is COc1c(O[C@@H]2O[C@H](C(=O)[O-])[C@@H](O)[C@H](O)[C@H]2O)ccc2c1CC[C@@H]1[C@@H]2CC[C@]2(C)[C@@H](O)CC[C@@H]12. The number of ether oxygens (including phenoxy) is 3. The van der Waals surface area contributed by atoms with Crippen LogP contribution in [0.15, 0.2) is 12.1 Å². The van der Waals surface area contributed by atoms with Crippen molar-refractivity contribution in [2.24, 2.45) is 17.3 Å². The normalized spacial score (nSPS) is 43.4. The molecule has 9 nitrogen and oxygen atoms in total. The third-order valence-electron chi connectivity index (χ3n) is 9.02. The number of hydrogen-bond acceptors (Lipinski definition) is 9. The monoisotopic (exact) mass is 477 g/mol. The lowest BCUT2D eigenvalue weighted by Gasteiger charge is -2.50. The van der Waals surface area contributed by atoms with Gasteiger partial charge >= 0.3 is 0 Å². The second-order valence-corrected chi connectivity index (χ2v) is 10.6. The van der Waals surface area contributed by atoms with E-state index in [2.05, 4.69) is 6.92 Å². The maximum Gasteiger partial charge on any atom is 0.229 e. The van der Waals surface area contributed by atoms with E-state index in [9.17, 15) is 30.3 Å². The van der Waals surface area contributed by atoms with Gasteiger partial charge in [-0.15, -0.1) is 0 Å². The average Bonchev–Trinajstić information content (AvgIpc) is 3.13. The Morgan fingerprint density at radius 1 is 1.09 bits per heavy atom. The zero-order chi connectivity index (χ0) is 24.4. The molecule has 10 atom stereocenters. The summed E-state index contributed by atoms with van der Waals surface area (Å²) < 4.78 is 16.7. The fraction of sp³-hybridized carbons (Fsp3) is 0.720. The maximum absolute atomic E-state index is 11.3. The van der Waals surface area contributed by atoms with Gasteiger partial charge in [-0.3, -0.25) is 0 Å². The highest BCUT2D eigenvalue weighted by Gasteiger charge is 2.54. The van der Waals surface area contributed by atoms with Crippen molar-refractivity contribution in [1.29, 1.82) is 0 Å². The van der Waals surface area contributed by atoms with Gasteiger partial charge in [0.1, 0.15) is 24.4 Å². The van der Waals surface area contributed by atoms with Gasteiger partial charge in [-0.1, -0.05) is 13.0 Å². The van der Waals surface area contributed by atoms with Crippen LogP contribution in [0, 0.1) is 17.3 Å². The van der Waals surface area contributed by atoms with E-state index in [1.807, 2.05) is 6.07 Å². The first-order valence-electron chi connectivity index (χ1n) is 12.1. The Morgan fingerprint density at radius 3 is 2.56 bits per heavy atom. The molecule has 0 radical (unpaired) electrons. The number of carboxylic acids is 1. The number of rotatable bonds is 4. The number of methoxy groups -OCH3 is 1. The summed E-state index contributed by atoms with van der Waals surface area (Å²) in [7, 11) is 1.53. The molecule has 9 heteroatoms. The topological polar surface area (TPSA) is 149 Å². The fourth-order valence-corrected chi connectivity index (χ4v) is 7.17. The van der Waals surface area contributed by atoms with Crippen LogP contribution >= 0.6 is 0 Å². The highest BCUT2D eigenvalue weighted by molar-refractivity contribution is 5.71. The van der Waals surface area contributed by atoms with E-state index < -0.39 is 36.7 Å². The van der Waals surface area contributed by atoms with Gasteiger partial charge in [0.15, 0.2) is 11.5 Å². The first kappa shape index (κ1) is 23.8. The summed E-state index contributed by atoms with van der Waals surface area (Å²) in [5, 5.41) is 52.2. The van der Waals surface area contributed by atoms with Gasteiger partial charge < -0.3 is 44.5 Å². The van der Waals surface area contributed by atoms with E-state index in [4.69, 9.17) is 14.2 Å². The second-order valence-electron chi connectivity index (χ2n) is 10.6. The van der Waals surface area contributed by atoms with Crippen molar-refractivity contribution >= 4 is 5.97 Å². The van der Waals surface area contributed by atoms with E-state index in [0.717, 1.165) is 44.1 Å². The van der Waals surface area contributed by atoms with Crippen LogP contribution in [0.3, 0.4) is 0 Å². The first-order valence-corrected chi connectivity index (χ1v) is 12.1. The largest absolute Gasteiger partial charge is 0.547 e. The summed E-state index contributed by atoms with van der Waals surface area (Å²) in [6.45, 7) is 2.24. The maximum atomic E-state index is 11.3. The van der Waals surface area contributed by atoms with E-state index >= 15 is 0 Å². The van der Waals surface area contributed by atoms with Crippen LogP contribution in [-0.2, 0) is 16.0 Å². The Hall–Kier alpha value is -1.91. The van der Waals surface area contributed by atoms with Crippen LogP contribution in [0.4, 0.5) is 0 Å². The van der Waals surface area contributed by atoms with Gasteiger partial charge in [0.25, 0.3) is 0 Å². The molecule has 1 aliphatic heterocycles. The van der Waals surface area contributed by atoms with Gasteiger partial charge in [0.2, 0.25) is 6.29 Å². The first-order chi connectivity index (χ1) is 16.2. The van der Waals surface area contributed by atoms with Crippen molar-refractivity contribution in [3.63, 3.8) is 0 Å². The predicted molar refractivity (Wildman–Crippen MR) is 116 cm³/mol. The summed E-state index contributed by atoms with van der Waals surface area (Å²) in [6, 6.07) is 3.72. The summed E-state index contributed by atoms with van der Waals surface area (Å²) in [6.07, 6.45) is -3.24. The van der Waals surface area contributed by atoms with E-state index in [1.54, 1.807) is 6.07 Å². The van der Waals surface area contributed by atoms with E-state index in [1.165, 1.54) is 12.7 Å². The smallest absolute Gasteiger partial charge is 0.229 e. The number of benzene rings is 1. The minimum absolute atomic E-state index is 0.0127. The number of aliphatic carboxylic acids is 1. The Kier molecular flexibility index (Phi) is 6.05. The van der Waals surface area contributed by atoms with Gasteiger partial charge in [0, 0.05) is 5.56 Å². The van der Waals surface area contributed by atoms with Crippen molar-refractivity contribution in [1.82, 2.24) is 0 Å². The number of carbonyl (C=O) groups excluding carboxylic acids is 1. The standard InChI is InChI=1S/C25H34O9/c1-25-10-9-12-11-5-7-16(33-24-20(29)18(27)19(28)22(34-24)23(30)31)21(32-2)14(11)4-3-13(12)15(25)6-8-17(25)26/h5,7,12-13,15,17-20,22,24,26-29H,3-4,6,8-10H2,1-2H3,(H,30,31)/p-1/t12-,13-,15+,17+,18+,19+,20-,22+,24-,25+/m1/s1. The molecular formula is C25H33O9-. The van der Waals surface area contributed by atoms with Crippen LogP contribution in [0.1, 0.15) is 56.1 Å². The van der Waals surface area contributed by atoms with Crippen molar-refractivity contribution in [3.05, 3.63) is 23.3 Å². The molecule has 0 aromatic heterocycles. The predicted octanol–water partition coefficient (Wildman–Crippen LogP) is -0.151.